The largest absolute Gasteiger partial charge is 0.545 e. The van der Waals surface area contributed by atoms with E-state index < -0.39 is 24.3 Å². The van der Waals surface area contributed by atoms with E-state index in [1.165, 1.54) is 334 Å². The van der Waals surface area contributed by atoms with Gasteiger partial charge < -0.3 is 33.3 Å². The number of hydrogen-bond acceptors (Lipinski definition) is 8. The molecule has 0 heterocycles. The average molecular weight is 1230 g/mol. The van der Waals surface area contributed by atoms with E-state index in [1.807, 2.05) is 21.1 Å². The number of carboxylic acids is 1. The van der Waals surface area contributed by atoms with E-state index in [-0.39, 0.29) is 32.2 Å². The minimum Gasteiger partial charge on any atom is -0.545 e. The summed E-state index contributed by atoms with van der Waals surface area (Å²) in [7, 11) is 5.95. The summed E-state index contributed by atoms with van der Waals surface area (Å²) in [6, 6.07) is 0. The topological polar surface area (TPSA) is 111 Å². The van der Waals surface area contributed by atoms with Crippen LogP contribution < -0.4 is 5.11 Å². The van der Waals surface area contributed by atoms with Gasteiger partial charge in [-0.2, -0.15) is 0 Å². The van der Waals surface area contributed by atoms with Crippen molar-refractivity contribution in [3.63, 3.8) is 0 Å². The first-order valence-corrected chi connectivity index (χ1v) is 38.5. The van der Waals surface area contributed by atoms with Crippen molar-refractivity contribution in [2.24, 2.45) is 0 Å². The van der Waals surface area contributed by atoms with E-state index in [1.54, 1.807) is 0 Å². The molecule has 0 aliphatic rings. The maximum atomic E-state index is 13.0. The molecular formula is C78H149NO8. The molecule has 0 amide bonds. The average Bonchev–Trinajstić information content (AvgIpc) is 3.51. The van der Waals surface area contributed by atoms with Crippen LogP contribution in [0.4, 0.5) is 0 Å². The SMILES string of the molecule is CCCCCCCCCC/C=C\CCCCCCCCCCCCCCCCCCCCCC(=O)OCC(COC(OCC[N+](C)(C)C)C(=O)[O-])OC(=O)CCCCCCCCCCCCCCCCCCCCC/C=C\CCCCCCCCCC. The summed E-state index contributed by atoms with van der Waals surface area (Å²) in [5.74, 6) is -2.25. The van der Waals surface area contributed by atoms with Gasteiger partial charge in [-0.1, -0.05) is 346 Å². The molecule has 0 aliphatic carbocycles. The molecule has 0 aromatic carbocycles. The highest BCUT2D eigenvalue weighted by Gasteiger charge is 2.22. The molecule has 9 nitrogen and oxygen atoms in total. The van der Waals surface area contributed by atoms with Gasteiger partial charge in [0.1, 0.15) is 13.2 Å². The summed E-state index contributed by atoms with van der Waals surface area (Å²) in [6.07, 6.45) is 84.4. The molecule has 2 unspecified atom stereocenters. The zero-order valence-electron chi connectivity index (χ0n) is 58.9. The lowest BCUT2D eigenvalue weighted by molar-refractivity contribution is -0.870. The van der Waals surface area contributed by atoms with Crippen molar-refractivity contribution < 1.29 is 42.9 Å². The number of aliphatic carboxylic acids is 1. The van der Waals surface area contributed by atoms with Crippen molar-refractivity contribution >= 4 is 17.9 Å². The van der Waals surface area contributed by atoms with Crippen molar-refractivity contribution in [2.75, 3.05) is 47.5 Å². The number of quaternary nitrogens is 1. The van der Waals surface area contributed by atoms with Crippen LogP contribution in [0.25, 0.3) is 0 Å². The number of nitrogens with zero attached hydrogens (tertiary/aromatic N) is 1. The molecule has 0 aromatic rings. The summed E-state index contributed by atoms with van der Waals surface area (Å²) in [4.78, 5) is 37.6. The molecule has 0 aliphatic heterocycles. The van der Waals surface area contributed by atoms with E-state index in [4.69, 9.17) is 18.9 Å². The minimum absolute atomic E-state index is 0.152. The number of carbonyl (C=O) groups is 3. The Balaban J connectivity index is 4.00. The molecule has 514 valence electrons. The first-order valence-electron chi connectivity index (χ1n) is 38.5. The highest BCUT2D eigenvalue weighted by atomic mass is 16.7. The number of carboxylic acid groups (broad SMARTS) is 1. The molecule has 0 aromatic heterocycles. The molecule has 0 fully saturated rings. The van der Waals surface area contributed by atoms with Crippen LogP contribution in [0.2, 0.25) is 0 Å². The number of esters is 2. The van der Waals surface area contributed by atoms with Crippen LogP contribution in [0.15, 0.2) is 24.3 Å². The quantitative estimate of drug-likeness (QED) is 0.0195. The molecule has 2 atom stereocenters. The Hall–Kier alpha value is -2.23. The Labute approximate surface area is 541 Å². The fourth-order valence-corrected chi connectivity index (χ4v) is 11.8. The Kier molecular flexibility index (Phi) is 67.9. The van der Waals surface area contributed by atoms with Gasteiger partial charge in [0.05, 0.1) is 40.3 Å². The summed E-state index contributed by atoms with van der Waals surface area (Å²) < 4.78 is 22.9. The van der Waals surface area contributed by atoms with Gasteiger partial charge in [-0.25, -0.2) is 0 Å². The minimum atomic E-state index is -1.62. The lowest BCUT2D eigenvalue weighted by atomic mass is 10.0. The number of carbonyl (C=O) groups excluding carboxylic acids is 3. The van der Waals surface area contributed by atoms with Gasteiger partial charge >= 0.3 is 11.9 Å². The Morgan fingerprint density at radius 1 is 0.333 bits per heavy atom. The van der Waals surface area contributed by atoms with Crippen LogP contribution in [0, 0.1) is 0 Å². The van der Waals surface area contributed by atoms with Crippen molar-refractivity contribution in [3.05, 3.63) is 24.3 Å². The standard InChI is InChI=1S/C78H149NO8/c1-6-8-10-12-14-16-18-20-22-24-26-28-30-32-34-36-38-40-42-44-46-48-50-52-54-56-58-60-62-64-66-68-75(80)85-72-74(73-86-78(77(82)83)84-71-70-79(3,4)5)87-76(81)69-67-65-63-61-59-57-55-53-51-49-47-45-43-41-39-37-35-33-31-29-27-25-23-21-19-17-15-13-11-9-7-2/h24-27,74,78H,6-23,28-73H2,1-5H3/b26-24-,27-25-. The number of likely N-dealkylation sites (N-methyl/N-ethyl adjacent to an activating group) is 1. The molecule has 0 N–H and O–H groups in total. The third kappa shape index (κ3) is 71.1. The van der Waals surface area contributed by atoms with Crippen LogP contribution in [0.1, 0.15) is 399 Å². The third-order valence-corrected chi connectivity index (χ3v) is 17.7. The van der Waals surface area contributed by atoms with E-state index >= 15 is 0 Å². The zero-order valence-corrected chi connectivity index (χ0v) is 58.9. The lowest BCUT2D eigenvalue weighted by Gasteiger charge is -2.26. The summed E-state index contributed by atoms with van der Waals surface area (Å²) in [5.41, 5.74) is 0. The number of hydrogen-bond donors (Lipinski definition) is 0. The smallest absolute Gasteiger partial charge is 0.306 e. The van der Waals surface area contributed by atoms with Crippen LogP contribution in [-0.4, -0.2) is 82.3 Å². The maximum Gasteiger partial charge on any atom is 0.306 e. The van der Waals surface area contributed by atoms with Gasteiger partial charge in [0, 0.05) is 12.8 Å². The molecular weight excluding hydrogens is 1080 g/mol. The Bertz CT molecular complexity index is 1480. The Morgan fingerprint density at radius 2 is 0.586 bits per heavy atom. The lowest BCUT2D eigenvalue weighted by Crippen LogP contribution is -2.44. The zero-order chi connectivity index (χ0) is 63.3. The predicted octanol–water partition coefficient (Wildman–Crippen LogP) is 22.8. The van der Waals surface area contributed by atoms with Gasteiger partial charge in [0.25, 0.3) is 0 Å². The van der Waals surface area contributed by atoms with E-state index in [0.29, 0.717) is 17.4 Å². The predicted molar refractivity (Wildman–Crippen MR) is 371 cm³/mol. The fraction of sp³-hybridized carbons (Fsp3) is 0.910. The number of ether oxygens (including phenoxy) is 4. The van der Waals surface area contributed by atoms with Gasteiger partial charge in [-0.15, -0.1) is 0 Å². The number of unbranched alkanes of at least 4 members (excludes halogenated alkanes) is 54. The molecule has 0 saturated carbocycles. The third-order valence-electron chi connectivity index (χ3n) is 17.7. The van der Waals surface area contributed by atoms with Gasteiger partial charge in [-0.05, 0) is 64.2 Å². The molecule has 0 bridgehead atoms. The highest BCUT2D eigenvalue weighted by Crippen LogP contribution is 2.19. The van der Waals surface area contributed by atoms with E-state index in [2.05, 4.69) is 38.2 Å². The van der Waals surface area contributed by atoms with Gasteiger partial charge in [0.15, 0.2) is 12.4 Å². The molecule has 0 spiro atoms. The van der Waals surface area contributed by atoms with Crippen molar-refractivity contribution in [3.8, 4) is 0 Å². The van der Waals surface area contributed by atoms with Crippen LogP contribution in [0.5, 0.6) is 0 Å². The second-order valence-corrected chi connectivity index (χ2v) is 27.6. The summed E-state index contributed by atoms with van der Waals surface area (Å²) in [6.45, 7) is 4.83. The highest BCUT2D eigenvalue weighted by molar-refractivity contribution is 5.70. The number of rotatable bonds is 73. The normalized spacial score (nSPS) is 12.7. The van der Waals surface area contributed by atoms with Crippen molar-refractivity contribution in [1.82, 2.24) is 0 Å². The molecule has 9 heteroatoms. The summed E-state index contributed by atoms with van der Waals surface area (Å²) >= 11 is 0. The van der Waals surface area contributed by atoms with E-state index in [9.17, 15) is 19.5 Å². The molecule has 0 radical (unpaired) electrons. The second-order valence-electron chi connectivity index (χ2n) is 27.6. The van der Waals surface area contributed by atoms with Gasteiger partial charge in [-0.3, -0.25) is 9.59 Å². The molecule has 87 heavy (non-hydrogen) atoms. The first kappa shape index (κ1) is 84.8. The maximum absolute atomic E-state index is 13.0. The van der Waals surface area contributed by atoms with Crippen LogP contribution in [0.3, 0.4) is 0 Å². The van der Waals surface area contributed by atoms with Crippen LogP contribution in [-0.2, 0) is 33.3 Å². The van der Waals surface area contributed by atoms with Crippen LogP contribution >= 0.6 is 0 Å². The van der Waals surface area contributed by atoms with Crippen molar-refractivity contribution in [2.45, 2.75) is 411 Å². The number of allylic oxidation sites excluding steroid dienone is 4. The van der Waals surface area contributed by atoms with Crippen molar-refractivity contribution in [1.29, 1.82) is 0 Å². The fourth-order valence-electron chi connectivity index (χ4n) is 11.8. The van der Waals surface area contributed by atoms with Gasteiger partial charge in [0.2, 0.25) is 0 Å². The first-order chi connectivity index (χ1) is 42.6. The molecule has 0 rings (SSSR count). The Morgan fingerprint density at radius 3 is 0.851 bits per heavy atom. The monoisotopic (exact) mass is 1230 g/mol. The second kappa shape index (κ2) is 69.7. The summed E-state index contributed by atoms with van der Waals surface area (Å²) in [5, 5.41) is 11.8. The molecule has 0 saturated heterocycles. The van der Waals surface area contributed by atoms with E-state index in [0.717, 1.165) is 38.5 Å².